The number of hydrogen-bond acceptors (Lipinski definition) is 3. The molecule has 2 heterocycles. The first-order valence-corrected chi connectivity index (χ1v) is 8.96. The Kier molecular flexibility index (Phi) is 4.30. The average molecular weight is 338 g/mol. The lowest BCUT2D eigenvalue weighted by molar-refractivity contribution is -0.126. The van der Waals surface area contributed by atoms with Gasteiger partial charge in [-0.1, -0.05) is 37.5 Å². The Hall–Kier alpha value is -2.56. The average Bonchev–Trinajstić information content (AvgIpc) is 3.24. The van der Waals surface area contributed by atoms with Crippen LogP contribution in [0.5, 0.6) is 0 Å². The molecule has 1 atom stereocenters. The number of carbonyl (C=O) groups is 2. The predicted octanol–water partition coefficient (Wildman–Crippen LogP) is 3.43. The molecule has 1 fully saturated rings. The topological polar surface area (TPSA) is 62.6 Å². The molecule has 130 valence electrons. The zero-order valence-corrected chi connectivity index (χ0v) is 14.1. The summed E-state index contributed by atoms with van der Waals surface area (Å²) in [5.74, 6) is 0.476. The maximum atomic E-state index is 13.0. The van der Waals surface area contributed by atoms with Crippen LogP contribution in [0, 0.1) is 0 Å². The normalized spacial score (nSPS) is 20.6. The van der Waals surface area contributed by atoms with Crippen molar-refractivity contribution in [3.8, 4) is 0 Å². The highest BCUT2D eigenvalue weighted by Crippen LogP contribution is 2.35. The Morgan fingerprint density at radius 2 is 1.92 bits per heavy atom. The van der Waals surface area contributed by atoms with Crippen LogP contribution in [0.15, 0.2) is 47.1 Å². The van der Waals surface area contributed by atoms with Gasteiger partial charge < -0.3 is 14.6 Å². The van der Waals surface area contributed by atoms with E-state index in [9.17, 15) is 9.59 Å². The zero-order valence-electron chi connectivity index (χ0n) is 14.1. The van der Waals surface area contributed by atoms with E-state index in [-0.39, 0.29) is 17.9 Å². The second-order valence-corrected chi connectivity index (χ2v) is 6.85. The van der Waals surface area contributed by atoms with E-state index in [2.05, 4.69) is 5.32 Å². The molecule has 1 N–H and O–H groups in total. The van der Waals surface area contributed by atoms with Crippen molar-refractivity contribution >= 4 is 11.8 Å². The molecule has 0 unspecified atom stereocenters. The number of nitrogens with one attached hydrogen (secondary N) is 1. The molecule has 25 heavy (non-hydrogen) atoms. The summed E-state index contributed by atoms with van der Waals surface area (Å²) in [6.45, 7) is 0.295. The van der Waals surface area contributed by atoms with Crippen LogP contribution in [0.1, 0.15) is 59.8 Å². The summed E-state index contributed by atoms with van der Waals surface area (Å²) in [5.41, 5.74) is 1.39. The molecular weight excluding hydrogens is 316 g/mol. The fraction of sp³-hybridized carbons (Fsp3) is 0.400. The van der Waals surface area contributed by atoms with Gasteiger partial charge in [-0.25, -0.2) is 0 Å². The molecule has 0 saturated heterocycles. The van der Waals surface area contributed by atoms with Gasteiger partial charge in [-0.15, -0.1) is 0 Å². The highest BCUT2D eigenvalue weighted by molar-refractivity contribution is 6.04. The molecule has 0 bridgehead atoms. The van der Waals surface area contributed by atoms with E-state index >= 15 is 0 Å². The van der Waals surface area contributed by atoms with Gasteiger partial charge in [0.2, 0.25) is 5.91 Å². The number of fused-ring (bicyclic) bond motifs is 1. The van der Waals surface area contributed by atoms with Gasteiger partial charge in [0, 0.05) is 11.6 Å². The second-order valence-electron chi connectivity index (χ2n) is 6.85. The van der Waals surface area contributed by atoms with Crippen molar-refractivity contribution in [2.24, 2.45) is 0 Å². The molecule has 1 aliphatic heterocycles. The van der Waals surface area contributed by atoms with Gasteiger partial charge in [0.05, 0.1) is 12.8 Å². The van der Waals surface area contributed by atoms with Crippen molar-refractivity contribution < 1.29 is 14.0 Å². The van der Waals surface area contributed by atoms with Crippen molar-refractivity contribution in [3.63, 3.8) is 0 Å². The van der Waals surface area contributed by atoms with Crippen LogP contribution in [0.25, 0.3) is 0 Å². The number of nitrogens with zero attached hydrogens (tertiary/aromatic N) is 1. The van der Waals surface area contributed by atoms with E-state index in [0.29, 0.717) is 17.9 Å². The minimum Gasteiger partial charge on any atom is -0.467 e. The van der Waals surface area contributed by atoms with Crippen molar-refractivity contribution in [2.45, 2.75) is 50.7 Å². The van der Waals surface area contributed by atoms with Crippen molar-refractivity contribution in [1.29, 1.82) is 0 Å². The summed E-state index contributed by atoms with van der Waals surface area (Å²) >= 11 is 0. The number of carbonyl (C=O) groups excluding carboxylic acids is 2. The lowest BCUT2D eigenvalue weighted by Gasteiger charge is -2.28. The molecule has 1 aromatic heterocycles. The lowest BCUT2D eigenvalue weighted by Crippen LogP contribution is -2.43. The van der Waals surface area contributed by atoms with Gasteiger partial charge >= 0.3 is 0 Å². The number of hydrogen-bond donors (Lipinski definition) is 1. The maximum Gasteiger partial charge on any atom is 0.255 e. The molecule has 0 spiro atoms. The van der Waals surface area contributed by atoms with Crippen LogP contribution < -0.4 is 5.32 Å². The van der Waals surface area contributed by atoms with E-state index in [1.807, 2.05) is 24.3 Å². The second kappa shape index (κ2) is 6.75. The van der Waals surface area contributed by atoms with E-state index < -0.39 is 6.04 Å². The smallest absolute Gasteiger partial charge is 0.255 e. The van der Waals surface area contributed by atoms with Gasteiger partial charge in [0.25, 0.3) is 5.91 Å². The van der Waals surface area contributed by atoms with Crippen molar-refractivity contribution in [1.82, 2.24) is 10.2 Å². The first-order valence-electron chi connectivity index (χ1n) is 8.96. The molecule has 1 saturated carbocycles. The molecule has 2 aromatic rings. The third kappa shape index (κ3) is 3.06. The standard InChI is InChI=1S/C20H22N2O3/c23-19(21-14-7-2-1-3-8-14)18-16-10-4-5-11-17(16)20(24)22(18)13-15-9-6-12-25-15/h4-6,9-12,14,18H,1-3,7-8,13H2,(H,21,23)/t18-/m0/s1. The Morgan fingerprint density at radius 3 is 2.68 bits per heavy atom. The van der Waals surface area contributed by atoms with Crippen LogP contribution in [0.3, 0.4) is 0 Å². The molecule has 5 heteroatoms. The molecule has 0 radical (unpaired) electrons. The number of rotatable bonds is 4. The lowest BCUT2D eigenvalue weighted by atomic mass is 9.95. The third-order valence-electron chi connectivity index (χ3n) is 5.16. The van der Waals surface area contributed by atoms with Gasteiger partial charge in [0.1, 0.15) is 11.8 Å². The van der Waals surface area contributed by atoms with Gasteiger partial charge in [-0.05, 0) is 36.6 Å². The highest BCUT2D eigenvalue weighted by atomic mass is 16.3. The zero-order chi connectivity index (χ0) is 17.2. The summed E-state index contributed by atoms with van der Waals surface area (Å²) in [4.78, 5) is 27.5. The van der Waals surface area contributed by atoms with E-state index in [0.717, 1.165) is 31.2 Å². The first kappa shape index (κ1) is 15.9. The van der Waals surface area contributed by atoms with E-state index in [1.54, 1.807) is 23.3 Å². The fourth-order valence-corrected chi connectivity index (χ4v) is 3.91. The molecule has 2 aliphatic rings. The highest BCUT2D eigenvalue weighted by Gasteiger charge is 2.41. The summed E-state index contributed by atoms with van der Waals surface area (Å²) in [7, 11) is 0. The van der Waals surface area contributed by atoms with E-state index in [4.69, 9.17) is 4.42 Å². The largest absolute Gasteiger partial charge is 0.467 e. The van der Waals surface area contributed by atoms with Gasteiger partial charge in [0.15, 0.2) is 0 Å². The molecule has 5 nitrogen and oxygen atoms in total. The fourth-order valence-electron chi connectivity index (χ4n) is 3.91. The SMILES string of the molecule is O=C(NC1CCCCC1)[C@@H]1c2ccccc2C(=O)N1Cc1ccco1. The number of benzene rings is 1. The maximum absolute atomic E-state index is 13.0. The molecule has 1 aliphatic carbocycles. The van der Waals surface area contributed by atoms with Crippen LogP contribution in [-0.2, 0) is 11.3 Å². The molecular formula is C20H22N2O3. The Bertz CT molecular complexity index is 763. The van der Waals surface area contributed by atoms with Gasteiger partial charge in [-0.3, -0.25) is 9.59 Å². The van der Waals surface area contributed by atoms with Crippen LogP contribution in [0.2, 0.25) is 0 Å². The first-order chi connectivity index (χ1) is 12.2. The summed E-state index contributed by atoms with van der Waals surface area (Å²) in [6.07, 6.45) is 7.17. The predicted molar refractivity (Wildman–Crippen MR) is 92.8 cm³/mol. The number of amides is 2. The third-order valence-corrected chi connectivity index (χ3v) is 5.16. The summed E-state index contributed by atoms with van der Waals surface area (Å²) < 4.78 is 5.40. The molecule has 2 amide bonds. The van der Waals surface area contributed by atoms with Gasteiger partial charge in [-0.2, -0.15) is 0 Å². The summed E-state index contributed by atoms with van der Waals surface area (Å²) in [5, 5.41) is 3.17. The Balaban J connectivity index is 1.60. The minimum absolute atomic E-state index is 0.0863. The minimum atomic E-state index is -0.587. The van der Waals surface area contributed by atoms with Crippen LogP contribution >= 0.6 is 0 Å². The van der Waals surface area contributed by atoms with Crippen molar-refractivity contribution in [3.05, 3.63) is 59.5 Å². The number of furan rings is 1. The Labute approximate surface area is 147 Å². The molecule has 1 aromatic carbocycles. The Morgan fingerprint density at radius 1 is 1.12 bits per heavy atom. The van der Waals surface area contributed by atoms with Crippen LogP contribution in [-0.4, -0.2) is 22.8 Å². The van der Waals surface area contributed by atoms with Crippen molar-refractivity contribution in [2.75, 3.05) is 0 Å². The quantitative estimate of drug-likeness (QED) is 0.929. The summed E-state index contributed by atoms with van der Waals surface area (Å²) in [6, 6.07) is 10.6. The van der Waals surface area contributed by atoms with E-state index in [1.165, 1.54) is 6.42 Å². The monoisotopic (exact) mass is 338 g/mol. The van der Waals surface area contributed by atoms with Crippen LogP contribution in [0.4, 0.5) is 0 Å². The molecule has 4 rings (SSSR count).